The molecule has 0 aliphatic carbocycles. The number of hydrogen-bond acceptors (Lipinski definition) is 4. The highest BCUT2D eigenvalue weighted by molar-refractivity contribution is 5.25. The molecule has 2 aromatic heterocycles. The number of aliphatic hydroxyl groups excluding tert-OH is 1. The molecule has 2 rings (SSSR count). The molecule has 1 unspecified atom stereocenters. The molecule has 6 nitrogen and oxygen atoms in total. The Morgan fingerprint density at radius 1 is 1.32 bits per heavy atom. The molecular weight excluding hydrogens is 242 g/mol. The third-order valence-corrected chi connectivity index (χ3v) is 3.51. The fraction of sp³-hybridized carbons (Fsp3) is 0.615. The van der Waals surface area contributed by atoms with Crippen LogP contribution in [-0.4, -0.2) is 35.8 Å². The van der Waals surface area contributed by atoms with Crippen molar-refractivity contribution in [3.63, 3.8) is 0 Å². The van der Waals surface area contributed by atoms with Crippen LogP contribution >= 0.6 is 0 Å². The van der Waals surface area contributed by atoms with E-state index in [0.717, 1.165) is 29.3 Å². The van der Waals surface area contributed by atoms with Gasteiger partial charge in [-0.3, -0.25) is 9.36 Å². The lowest BCUT2D eigenvalue weighted by Gasteiger charge is -2.11. The molecule has 0 saturated carbocycles. The maximum Gasteiger partial charge on any atom is 0.138 e. The van der Waals surface area contributed by atoms with E-state index in [2.05, 4.69) is 15.2 Å². The monoisotopic (exact) mass is 263 g/mol. The molecule has 104 valence electrons. The Hall–Kier alpha value is -1.69. The Kier molecular flexibility index (Phi) is 3.99. The van der Waals surface area contributed by atoms with Crippen molar-refractivity contribution < 1.29 is 5.11 Å². The normalized spacial score (nSPS) is 12.9. The van der Waals surface area contributed by atoms with E-state index in [-0.39, 0.29) is 0 Å². The molecule has 0 radical (unpaired) electrons. The van der Waals surface area contributed by atoms with Crippen molar-refractivity contribution in [3.05, 3.63) is 29.1 Å². The molecule has 1 N–H and O–H groups in total. The van der Waals surface area contributed by atoms with Gasteiger partial charge in [-0.15, -0.1) is 0 Å². The van der Waals surface area contributed by atoms with E-state index in [1.165, 1.54) is 6.33 Å². The first-order valence-electron chi connectivity index (χ1n) is 6.56. The molecule has 2 aromatic rings. The predicted octanol–water partition coefficient (Wildman–Crippen LogP) is 0.794. The van der Waals surface area contributed by atoms with Gasteiger partial charge in [0.1, 0.15) is 12.2 Å². The predicted molar refractivity (Wildman–Crippen MR) is 71.8 cm³/mol. The highest BCUT2D eigenvalue weighted by Gasteiger charge is 2.16. The van der Waals surface area contributed by atoms with E-state index in [0.29, 0.717) is 12.8 Å². The number of aromatic nitrogens is 5. The fourth-order valence-corrected chi connectivity index (χ4v) is 2.34. The first kappa shape index (κ1) is 13.7. The molecule has 0 aromatic carbocycles. The molecule has 6 heteroatoms. The van der Waals surface area contributed by atoms with Gasteiger partial charge in [-0.25, -0.2) is 4.98 Å². The minimum atomic E-state index is -0.462. The second-order valence-electron chi connectivity index (χ2n) is 4.83. The van der Waals surface area contributed by atoms with Crippen LogP contribution < -0.4 is 0 Å². The first-order chi connectivity index (χ1) is 9.02. The van der Waals surface area contributed by atoms with Gasteiger partial charge in [0, 0.05) is 32.1 Å². The van der Waals surface area contributed by atoms with Crippen LogP contribution in [0.3, 0.4) is 0 Å². The van der Waals surface area contributed by atoms with Crippen molar-refractivity contribution in [1.82, 2.24) is 24.5 Å². The van der Waals surface area contributed by atoms with Gasteiger partial charge in [0.05, 0.1) is 11.8 Å². The lowest BCUT2D eigenvalue weighted by atomic mass is 10.0. The SMILES string of the molecule is CCn1ncnc1CC(O)Cc1c(C)nn(C)c1C. The van der Waals surface area contributed by atoms with Crippen LogP contribution in [0.25, 0.3) is 0 Å². The van der Waals surface area contributed by atoms with Gasteiger partial charge in [0.2, 0.25) is 0 Å². The first-order valence-corrected chi connectivity index (χ1v) is 6.56. The molecule has 0 aliphatic rings. The van der Waals surface area contributed by atoms with E-state index in [1.807, 2.05) is 37.2 Å². The number of aliphatic hydroxyl groups is 1. The van der Waals surface area contributed by atoms with Crippen molar-refractivity contribution in [2.24, 2.45) is 7.05 Å². The molecule has 0 saturated heterocycles. The average molecular weight is 263 g/mol. The van der Waals surface area contributed by atoms with Crippen molar-refractivity contribution >= 4 is 0 Å². The molecule has 0 bridgehead atoms. The summed E-state index contributed by atoms with van der Waals surface area (Å²) >= 11 is 0. The van der Waals surface area contributed by atoms with Crippen LogP contribution in [0.2, 0.25) is 0 Å². The molecule has 2 heterocycles. The third-order valence-electron chi connectivity index (χ3n) is 3.51. The van der Waals surface area contributed by atoms with Crippen LogP contribution in [0.4, 0.5) is 0 Å². The highest BCUT2D eigenvalue weighted by Crippen LogP contribution is 2.15. The van der Waals surface area contributed by atoms with Crippen LogP contribution in [0, 0.1) is 13.8 Å². The van der Waals surface area contributed by atoms with E-state index in [1.54, 1.807) is 0 Å². The van der Waals surface area contributed by atoms with Crippen LogP contribution in [0.15, 0.2) is 6.33 Å². The van der Waals surface area contributed by atoms with Gasteiger partial charge >= 0.3 is 0 Å². The minimum absolute atomic E-state index is 0.462. The number of aryl methyl sites for hydroxylation is 3. The fourth-order valence-electron chi connectivity index (χ4n) is 2.34. The highest BCUT2D eigenvalue weighted by atomic mass is 16.3. The average Bonchev–Trinajstić information content (AvgIpc) is 2.89. The van der Waals surface area contributed by atoms with Gasteiger partial charge in [0.15, 0.2) is 0 Å². The van der Waals surface area contributed by atoms with Gasteiger partial charge in [-0.05, 0) is 26.3 Å². The Morgan fingerprint density at radius 3 is 2.63 bits per heavy atom. The van der Waals surface area contributed by atoms with Crippen LogP contribution in [0.5, 0.6) is 0 Å². The standard InChI is InChI=1S/C13H21N5O/c1-5-18-13(14-8-15-18)7-11(19)6-12-9(2)16-17(4)10(12)3/h8,11,19H,5-7H2,1-4H3. The summed E-state index contributed by atoms with van der Waals surface area (Å²) in [5.41, 5.74) is 3.21. The summed E-state index contributed by atoms with van der Waals surface area (Å²) in [7, 11) is 1.92. The molecule has 1 atom stereocenters. The second-order valence-corrected chi connectivity index (χ2v) is 4.83. The van der Waals surface area contributed by atoms with E-state index < -0.39 is 6.10 Å². The smallest absolute Gasteiger partial charge is 0.138 e. The second kappa shape index (κ2) is 5.52. The molecule has 0 amide bonds. The molecule has 0 fully saturated rings. The van der Waals surface area contributed by atoms with Crippen molar-refractivity contribution in [3.8, 4) is 0 Å². The Balaban J connectivity index is 2.07. The topological polar surface area (TPSA) is 68.8 Å². The Bertz CT molecular complexity index is 557. The summed E-state index contributed by atoms with van der Waals surface area (Å²) in [5.74, 6) is 0.828. The number of nitrogens with zero attached hydrogens (tertiary/aromatic N) is 5. The zero-order chi connectivity index (χ0) is 14.0. The van der Waals surface area contributed by atoms with Gasteiger partial charge < -0.3 is 5.11 Å². The van der Waals surface area contributed by atoms with E-state index in [4.69, 9.17) is 0 Å². The zero-order valence-corrected chi connectivity index (χ0v) is 12.0. The van der Waals surface area contributed by atoms with E-state index in [9.17, 15) is 5.11 Å². The largest absolute Gasteiger partial charge is 0.392 e. The van der Waals surface area contributed by atoms with Crippen LogP contribution in [-0.2, 0) is 26.4 Å². The van der Waals surface area contributed by atoms with Crippen molar-refractivity contribution in [1.29, 1.82) is 0 Å². The zero-order valence-electron chi connectivity index (χ0n) is 12.0. The summed E-state index contributed by atoms with van der Waals surface area (Å²) < 4.78 is 3.66. The summed E-state index contributed by atoms with van der Waals surface area (Å²) in [5, 5.41) is 18.7. The molecule has 19 heavy (non-hydrogen) atoms. The minimum Gasteiger partial charge on any atom is -0.392 e. The van der Waals surface area contributed by atoms with Crippen molar-refractivity contribution in [2.75, 3.05) is 0 Å². The summed E-state index contributed by atoms with van der Waals surface area (Å²) in [4.78, 5) is 4.19. The van der Waals surface area contributed by atoms with E-state index >= 15 is 0 Å². The molecule has 0 spiro atoms. The summed E-state index contributed by atoms with van der Waals surface area (Å²) in [6.07, 6.45) is 2.19. The van der Waals surface area contributed by atoms with Crippen molar-refractivity contribution in [2.45, 2.75) is 46.3 Å². The summed E-state index contributed by atoms with van der Waals surface area (Å²) in [6.45, 7) is 6.78. The quantitative estimate of drug-likeness (QED) is 0.866. The molecule has 0 aliphatic heterocycles. The number of hydrogen-bond donors (Lipinski definition) is 1. The van der Waals surface area contributed by atoms with Crippen LogP contribution in [0.1, 0.15) is 29.7 Å². The summed E-state index contributed by atoms with van der Waals surface area (Å²) in [6, 6.07) is 0. The number of rotatable bonds is 5. The Morgan fingerprint density at radius 2 is 2.05 bits per heavy atom. The van der Waals surface area contributed by atoms with Gasteiger partial charge in [-0.2, -0.15) is 10.2 Å². The Labute approximate surface area is 113 Å². The lowest BCUT2D eigenvalue weighted by molar-refractivity contribution is 0.171. The van der Waals surface area contributed by atoms with Gasteiger partial charge in [-0.1, -0.05) is 0 Å². The van der Waals surface area contributed by atoms with Gasteiger partial charge in [0.25, 0.3) is 0 Å². The lowest BCUT2D eigenvalue weighted by Crippen LogP contribution is -2.18. The maximum absolute atomic E-state index is 10.2. The third kappa shape index (κ3) is 2.84. The maximum atomic E-state index is 10.2. The molecular formula is C13H21N5O.